The monoisotopic (exact) mass is 231 g/mol. The van der Waals surface area contributed by atoms with Crippen molar-refractivity contribution in [2.75, 3.05) is 6.54 Å². The van der Waals surface area contributed by atoms with Crippen LogP contribution in [0.1, 0.15) is 38.9 Å². The molecule has 1 N–H and O–H groups in total. The average Bonchev–Trinajstić information content (AvgIpc) is 2.71. The first-order valence-corrected chi connectivity index (χ1v) is 6.38. The van der Waals surface area contributed by atoms with Crippen molar-refractivity contribution in [3.63, 3.8) is 0 Å². The van der Waals surface area contributed by atoms with Crippen LogP contribution >= 0.6 is 0 Å². The SMILES string of the molecule is CC(C)NCCC(C)c1cc2ccccc2o1. The molecule has 1 atom stereocenters. The van der Waals surface area contributed by atoms with E-state index in [1.807, 2.05) is 18.2 Å². The zero-order valence-corrected chi connectivity index (χ0v) is 10.9. The van der Waals surface area contributed by atoms with Crippen molar-refractivity contribution in [3.05, 3.63) is 36.1 Å². The summed E-state index contributed by atoms with van der Waals surface area (Å²) in [5.41, 5.74) is 0.992. The Morgan fingerprint density at radius 1 is 1.18 bits per heavy atom. The molecule has 2 rings (SSSR count). The summed E-state index contributed by atoms with van der Waals surface area (Å²) in [5.74, 6) is 1.56. The Morgan fingerprint density at radius 3 is 2.65 bits per heavy atom. The fourth-order valence-corrected chi connectivity index (χ4v) is 1.98. The van der Waals surface area contributed by atoms with Gasteiger partial charge in [-0.1, -0.05) is 39.0 Å². The zero-order valence-electron chi connectivity index (χ0n) is 10.9. The van der Waals surface area contributed by atoms with Gasteiger partial charge in [-0.25, -0.2) is 0 Å². The van der Waals surface area contributed by atoms with Gasteiger partial charge in [-0.05, 0) is 25.1 Å². The number of nitrogens with one attached hydrogen (secondary N) is 1. The first kappa shape index (κ1) is 12.2. The summed E-state index contributed by atoms with van der Waals surface area (Å²) in [7, 11) is 0. The number of fused-ring (bicyclic) bond motifs is 1. The maximum absolute atomic E-state index is 5.86. The van der Waals surface area contributed by atoms with Gasteiger partial charge < -0.3 is 9.73 Å². The molecule has 2 heteroatoms. The predicted octanol–water partition coefficient (Wildman–Crippen LogP) is 3.92. The predicted molar refractivity (Wildman–Crippen MR) is 72.4 cm³/mol. The van der Waals surface area contributed by atoms with Gasteiger partial charge in [-0.3, -0.25) is 0 Å². The lowest BCUT2D eigenvalue weighted by molar-refractivity contribution is 0.467. The molecule has 0 aliphatic heterocycles. The lowest BCUT2D eigenvalue weighted by Crippen LogP contribution is -2.24. The van der Waals surface area contributed by atoms with Crippen LogP contribution in [0, 0.1) is 0 Å². The molecule has 92 valence electrons. The molecule has 2 nitrogen and oxygen atoms in total. The molecule has 1 unspecified atom stereocenters. The standard InChI is InChI=1S/C15H21NO/c1-11(2)16-9-8-12(3)15-10-13-6-4-5-7-14(13)17-15/h4-7,10-12,16H,8-9H2,1-3H3. The van der Waals surface area contributed by atoms with Crippen LogP contribution in [0.3, 0.4) is 0 Å². The maximum atomic E-state index is 5.86. The van der Waals surface area contributed by atoms with Gasteiger partial charge in [0.05, 0.1) is 0 Å². The highest BCUT2D eigenvalue weighted by atomic mass is 16.3. The molecule has 1 heterocycles. The van der Waals surface area contributed by atoms with E-state index >= 15 is 0 Å². The van der Waals surface area contributed by atoms with Gasteiger partial charge in [-0.2, -0.15) is 0 Å². The van der Waals surface area contributed by atoms with Crippen LogP contribution in [0.4, 0.5) is 0 Å². The third-order valence-corrected chi connectivity index (χ3v) is 3.06. The molecule has 1 aromatic heterocycles. The minimum absolute atomic E-state index is 0.466. The first-order chi connectivity index (χ1) is 8.16. The van der Waals surface area contributed by atoms with E-state index in [0.717, 1.165) is 24.3 Å². The van der Waals surface area contributed by atoms with Crippen LogP contribution in [0.2, 0.25) is 0 Å². The van der Waals surface area contributed by atoms with Crippen molar-refractivity contribution in [1.82, 2.24) is 5.32 Å². The van der Waals surface area contributed by atoms with Crippen molar-refractivity contribution < 1.29 is 4.42 Å². The minimum Gasteiger partial charge on any atom is -0.461 e. The van der Waals surface area contributed by atoms with Crippen molar-refractivity contribution in [2.24, 2.45) is 0 Å². The highest BCUT2D eigenvalue weighted by Crippen LogP contribution is 2.26. The van der Waals surface area contributed by atoms with Crippen LogP contribution in [0.25, 0.3) is 11.0 Å². The summed E-state index contributed by atoms with van der Waals surface area (Å²) >= 11 is 0. The van der Waals surface area contributed by atoms with Gasteiger partial charge in [0.1, 0.15) is 11.3 Å². The van der Waals surface area contributed by atoms with Gasteiger partial charge in [0.2, 0.25) is 0 Å². The summed E-state index contributed by atoms with van der Waals surface area (Å²) < 4.78 is 5.86. The largest absolute Gasteiger partial charge is 0.461 e. The second kappa shape index (κ2) is 5.37. The summed E-state index contributed by atoms with van der Waals surface area (Å²) in [5, 5.41) is 4.64. The van der Waals surface area contributed by atoms with E-state index in [4.69, 9.17) is 4.42 Å². The van der Waals surface area contributed by atoms with Gasteiger partial charge in [0.25, 0.3) is 0 Å². The first-order valence-electron chi connectivity index (χ1n) is 6.38. The fraction of sp³-hybridized carbons (Fsp3) is 0.467. The lowest BCUT2D eigenvalue weighted by atomic mass is 10.0. The fourth-order valence-electron chi connectivity index (χ4n) is 1.98. The summed E-state index contributed by atoms with van der Waals surface area (Å²) in [6.45, 7) is 7.60. The Hall–Kier alpha value is -1.28. The third kappa shape index (κ3) is 3.10. The minimum atomic E-state index is 0.466. The maximum Gasteiger partial charge on any atom is 0.134 e. The van der Waals surface area contributed by atoms with E-state index in [1.165, 1.54) is 5.39 Å². The molecular weight excluding hydrogens is 210 g/mol. The van der Waals surface area contributed by atoms with Gasteiger partial charge in [0, 0.05) is 17.3 Å². The molecule has 0 saturated heterocycles. The van der Waals surface area contributed by atoms with Crippen LogP contribution in [-0.4, -0.2) is 12.6 Å². The molecule has 0 amide bonds. The van der Waals surface area contributed by atoms with E-state index < -0.39 is 0 Å². The van der Waals surface area contributed by atoms with Gasteiger partial charge in [-0.15, -0.1) is 0 Å². The number of rotatable bonds is 5. The summed E-state index contributed by atoms with van der Waals surface area (Å²) in [4.78, 5) is 0. The number of furan rings is 1. The Labute approximate surface area is 103 Å². The Kier molecular flexibility index (Phi) is 3.85. The molecule has 0 spiro atoms. The van der Waals surface area contributed by atoms with Gasteiger partial charge >= 0.3 is 0 Å². The van der Waals surface area contributed by atoms with E-state index in [2.05, 4.69) is 38.2 Å². The Balaban J connectivity index is 2.01. The van der Waals surface area contributed by atoms with E-state index in [1.54, 1.807) is 0 Å². The number of hydrogen-bond donors (Lipinski definition) is 1. The van der Waals surface area contributed by atoms with E-state index in [-0.39, 0.29) is 0 Å². The van der Waals surface area contributed by atoms with Crippen LogP contribution < -0.4 is 5.32 Å². The molecule has 0 aliphatic carbocycles. The third-order valence-electron chi connectivity index (χ3n) is 3.06. The number of benzene rings is 1. The molecule has 1 aromatic carbocycles. The van der Waals surface area contributed by atoms with Crippen molar-refractivity contribution in [1.29, 1.82) is 0 Å². The van der Waals surface area contributed by atoms with Crippen molar-refractivity contribution in [2.45, 2.75) is 39.2 Å². The molecule has 0 radical (unpaired) electrons. The molecule has 2 aromatic rings. The number of hydrogen-bond acceptors (Lipinski definition) is 2. The highest BCUT2D eigenvalue weighted by molar-refractivity contribution is 5.77. The Bertz CT molecular complexity index is 439. The lowest BCUT2D eigenvalue weighted by Gasteiger charge is -2.11. The Morgan fingerprint density at radius 2 is 1.94 bits per heavy atom. The van der Waals surface area contributed by atoms with Gasteiger partial charge in [0.15, 0.2) is 0 Å². The highest BCUT2D eigenvalue weighted by Gasteiger charge is 2.11. The summed E-state index contributed by atoms with van der Waals surface area (Å²) in [6.07, 6.45) is 1.11. The number of para-hydroxylation sites is 1. The van der Waals surface area contributed by atoms with E-state index in [9.17, 15) is 0 Å². The average molecular weight is 231 g/mol. The molecule has 17 heavy (non-hydrogen) atoms. The second-order valence-corrected chi connectivity index (χ2v) is 4.99. The molecule has 0 bridgehead atoms. The van der Waals surface area contributed by atoms with Crippen LogP contribution in [-0.2, 0) is 0 Å². The molecule has 0 fully saturated rings. The van der Waals surface area contributed by atoms with E-state index in [0.29, 0.717) is 12.0 Å². The smallest absolute Gasteiger partial charge is 0.134 e. The van der Waals surface area contributed by atoms with Crippen molar-refractivity contribution in [3.8, 4) is 0 Å². The zero-order chi connectivity index (χ0) is 12.3. The second-order valence-electron chi connectivity index (χ2n) is 4.99. The molecule has 0 aliphatic rings. The quantitative estimate of drug-likeness (QED) is 0.843. The van der Waals surface area contributed by atoms with Crippen molar-refractivity contribution >= 4 is 11.0 Å². The molecular formula is C15H21NO. The van der Waals surface area contributed by atoms with Crippen LogP contribution in [0.15, 0.2) is 34.7 Å². The topological polar surface area (TPSA) is 25.2 Å². The molecule has 0 saturated carbocycles. The van der Waals surface area contributed by atoms with Crippen LogP contribution in [0.5, 0.6) is 0 Å². The normalized spacial score (nSPS) is 13.4. The summed E-state index contributed by atoms with van der Waals surface area (Å²) in [6, 6.07) is 10.9.